The number of benzene rings is 1. The van der Waals surface area contributed by atoms with Crippen molar-refractivity contribution in [2.24, 2.45) is 0 Å². The number of nitrogen functional groups attached to an aromatic ring is 1. The molecule has 1 fully saturated rings. The predicted molar refractivity (Wildman–Crippen MR) is 77.4 cm³/mol. The monoisotopic (exact) mass is 306 g/mol. The number of methoxy groups -OCH3 is 1. The zero-order valence-corrected chi connectivity index (χ0v) is 12.2. The molecule has 0 amide bonds. The summed E-state index contributed by atoms with van der Waals surface area (Å²) in [5, 5.41) is 8.35. The fourth-order valence-electron chi connectivity index (χ4n) is 2.01. The van der Waals surface area contributed by atoms with E-state index >= 15 is 0 Å². The Morgan fingerprint density at radius 1 is 1.38 bits per heavy atom. The van der Waals surface area contributed by atoms with Gasteiger partial charge in [-0.1, -0.05) is 11.8 Å². The van der Waals surface area contributed by atoms with Crippen molar-refractivity contribution in [2.75, 3.05) is 19.6 Å². The lowest BCUT2D eigenvalue weighted by atomic mass is 10.2. The van der Waals surface area contributed by atoms with Gasteiger partial charge in [0.25, 0.3) is 0 Å². The molecule has 0 bridgehead atoms. The predicted octanol–water partition coefficient (Wildman–Crippen LogP) is 1.08. The third kappa shape index (κ3) is 2.66. The number of ether oxygens (including phenoxy) is 2. The average molecular weight is 306 g/mol. The number of carbonyl (C=O) groups is 1. The van der Waals surface area contributed by atoms with Crippen LogP contribution in [0.15, 0.2) is 29.4 Å². The van der Waals surface area contributed by atoms with Crippen LogP contribution in [0.25, 0.3) is 11.4 Å². The topological polar surface area (TPSA) is 92.3 Å². The van der Waals surface area contributed by atoms with Crippen LogP contribution in [-0.2, 0) is 9.53 Å². The van der Waals surface area contributed by atoms with Crippen LogP contribution in [0, 0.1) is 0 Å². The van der Waals surface area contributed by atoms with Gasteiger partial charge < -0.3 is 15.3 Å². The summed E-state index contributed by atoms with van der Waals surface area (Å²) in [6.45, 7) is 0.445. The van der Waals surface area contributed by atoms with Crippen LogP contribution in [0.4, 0.5) is 0 Å². The van der Waals surface area contributed by atoms with E-state index in [1.54, 1.807) is 7.11 Å². The number of nitrogens with two attached hydrogens (primary N) is 1. The molecule has 0 aliphatic carbocycles. The maximum absolute atomic E-state index is 11.5. The largest absolute Gasteiger partial charge is 0.497 e. The first kappa shape index (κ1) is 13.7. The smallest absolute Gasteiger partial charge is 0.319 e. The van der Waals surface area contributed by atoms with Gasteiger partial charge in [0.1, 0.15) is 11.0 Å². The van der Waals surface area contributed by atoms with Crippen molar-refractivity contribution in [3.8, 4) is 17.1 Å². The van der Waals surface area contributed by atoms with E-state index in [0.717, 1.165) is 11.3 Å². The van der Waals surface area contributed by atoms with Crippen molar-refractivity contribution in [1.82, 2.24) is 14.9 Å². The highest BCUT2D eigenvalue weighted by molar-refractivity contribution is 8.00. The molecule has 21 heavy (non-hydrogen) atoms. The quantitative estimate of drug-likeness (QED) is 0.667. The minimum Gasteiger partial charge on any atom is -0.497 e. The number of aromatic nitrogens is 3. The van der Waals surface area contributed by atoms with Crippen LogP contribution in [0.5, 0.6) is 5.75 Å². The second-order valence-electron chi connectivity index (χ2n) is 4.47. The molecule has 1 aromatic heterocycles. The number of hydrogen-bond acceptors (Lipinski definition) is 7. The Morgan fingerprint density at radius 3 is 2.76 bits per heavy atom. The van der Waals surface area contributed by atoms with E-state index in [1.165, 1.54) is 16.4 Å². The van der Waals surface area contributed by atoms with Crippen LogP contribution in [0.2, 0.25) is 0 Å². The highest BCUT2D eigenvalue weighted by Gasteiger charge is 2.29. The number of thioether (sulfide) groups is 1. The van der Waals surface area contributed by atoms with Gasteiger partial charge in [0.2, 0.25) is 5.16 Å². The summed E-state index contributed by atoms with van der Waals surface area (Å²) in [4.78, 5) is 11.5. The van der Waals surface area contributed by atoms with Gasteiger partial charge in [-0.3, -0.25) is 4.79 Å². The SMILES string of the molecule is COc1ccc(-c2nnc(S[C@H]3CCOC3=O)n2N)cc1. The third-order valence-electron chi connectivity index (χ3n) is 3.15. The second kappa shape index (κ2) is 5.65. The van der Waals surface area contributed by atoms with Crippen LogP contribution in [0.1, 0.15) is 6.42 Å². The first-order chi connectivity index (χ1) is 10.2. The van der Waals surface area contributed by atoms with Crippen molar-refractivity contribution >= 4 is 17.7 Å². The lowest BCUT2D eigenvalue weighted by molar-refractivity contribution is -0.137. The lowest BCUT2D eigenvalue weighted by Gasteiger charge is -2.06. The van der Waals surface area contributed by atoms with E-state index in [1.807, 2.05) is 24.3 Å². The zero-order chi connectivity index (χ0) is 14.8. The average Bonchev–Trinajstić information content (AvgIpc) is 3.07. The Kier molecular flexibility index (Phi) is 3.70. The standard InChI is InChI=1S/C13H14N4O3S/c1-19-9-4-2-8(3-5-9)11-15-16-13(17(11)14)21-10-6-7-20-12(10)18/h2-5,10H,6-7,14H2,1H3/t10-/m0/s1. The molecule has 0 spiro atoms. The molecule has 0 unspecified atom stereocenters. The lowest BCUT2D eigenvalue weighted by Crippen LogP contribution is -2.15. The molecule has 1 atom stereocenters. The van der Waals surface area contributed by atoms with Crippen LogP contribution >= 0.6 is 11.8 Å². The van der Waals surface area contributed by atoms with Crippen molar-refractivity contribution < 1.29 is 14.3 Å². The van der Waals surface area contributed by atoms with E-state index in [-0.39, 0.29) is 11.2 Å². The highest BCUT2D eigenvalue weighted by atomic mass is 32.2. The summed E-state index contributed by atoms with van der Waals surface area (Å²) in [7, 11) is 1.61. The Bertz CT molecular complexity index is 656. The molecule has 0 radical (unpaired) electrons. The van der Waals surface area contributed by atoms with Crippen molar-refractivity contribution in [3.63, 3.8) is 0 Å². The third-order valence-corrected chi connectivity index (χ3v) is 4.35. The maximum Gasteiger partial charge on any atom is 0.319 e. The minimum absolute atomic E-state index is 0.228. The van der Waals surface area contributed by atoms with Gasteiger partial charge in [0, 0.05) is 12.0 Å². The molecular formula is C13H14N4O3S. The molecule has 2 heterocycles. The molecule has 1 aliphatic rings. The van der Waals surface area contributed by atoms with Gasteiger partial charge >= 0.3 is 5.97 Å². The summed E-state index contributed by atoms with van der Waals surface area (Å²) in [6, 6.07) is 7.35. The Labute approximate surface area is 125 Å². The normalized spacial score (nSPS) is 17.8. The molecular weight excluding hydrogens is 292 g/mol. The van der Waals surface area contributed by atoms with Gasteiger partial charge in [-0.15, -0.1) is 10.2 Å². The number of carbonyl (C=O) groups excluding carboxylic acids is 1. The van der Waals surface area contributed by atoms with Crippen LogP contribution in [-0.4, -0.2) is 39.8 Å². The number of rotatable bonds is 4. The summed E-state index contributed by atoms with van der Waals surface area (Å²) < 4.78 is 11.4. The number of cyclic esters (lactones) is 1. The molecule has 2 N–H and O–H groups in total. The highest BCUT2D eigenvalue weighted by Crippen LogP contribution is 2.29. The number of nitrogens with zero attached hydrogens (tertiary/aromatic N) is 3. The molecule has 0 saturated carbocycles. The summed E-state index contributed by atoms with van der Waals surface area (Å²) in [5.74, 6) is 7.08. The summed E-state index contributed by atoms with van der Waals surface area (Å²) in [5.41, 5.74) is 0.826. The molecule has 1 aliphatic heterocycles. The van der Waals surface area contributed by atoms with E-state index in [9.17, 15) is 4.79 Å². The summed E-state index contributed by atoms with van der Waals surface area (Å²) in [6.07, 6.45) is 0.661. The van der Waals surface area contributed by atoms with Crippen LogP contribution in [0.3, 0.4) is 0 Å². The Hall–Kier alpha value is -2.22. The molecule has 2 aromatic rings. The van der Waals surface area contributed by atoms with Crippen molar-refractivity contribution in [2.45, 2.75) is 16.8 Å². The van der Waals surface area contributed by atoms with Crippen LogP contribution < -0.4 is 10.6 Å². The minimum atomic E-state index is -0.264. The van der Waals surface area contributed by atoms with Gasteiger partial charge in [-0.05, 0) is 24.3 Å². The zero-order valence-electron chi connectivity index (χ0n) is 11.4. The van der Waals surface area contributed by atoms with Gasteiger partial charge in [0.05, 0.1) is 13.7 Å². The molecule has 1 saturated heterocycles. The molecule has 8 heteroatoms. The first-order valence-corrected chi connectivity index (χ1v) is 7.25. The Balaban J connectivity index is 1.82. The van der Waals surface area contributed by atoms with E-state index in [4.69, 9.17) is 15.3 Å². The van der Waals surface area contributed by atoms with Crippen molar-refractivity contribution in [3.05, 3.63) is 24.3 Å². The van der Waals surface area contributed by atoms with E-state index in [0.29, 0.717) is 24.0 Å². The summed E-state index contributed by atoms with van der Waals surface area (Å²) >= 11 is 1.27. The second-order valence-corrected chi connectivity index (χ2v) is 5.64. The molecule has 7 nitrogen and oxygen atoms in total. The fraction of sp³-hybridized carbons (Fsp3) is 0.308. The van der Waals surface area contributed by atoms with Gasteiger partial charge in [0.15, 0.2) is 5.82 Å². The fourth-order valence-corrected chi connectivity index (χ4v) is 2.93. The Morgan fingerprint density at radius 2 is 2.14 bits per heavy atom. The van der Waals surface area contributed by atoms with Crippen molar-refractivity contribution in [1.29, 1.82) is 0 Å². The van der Waals surface area contributed by atoms with E-state index < -0.39 is 0 Å². The first-order valence-electron chi connectivity index (χ1n) is 6.37. The molecule has 1 aromatic carbocycles. The van der Waals surface area contributed by atoms with Gasteiger partial charge in [-0.25, -0.2) is 4.68 Å². The molecule has 3 rings (SSSR count). The van der Waals surface area contributed by atoms with Gasteiger partial charge in [-0.2, -0.15) is 0 Å². The molecule has 110 valence electrons. The maximum atomic E-state index is 11.5. The van der Waals surface area contributed by atoms with E-state index in [2.05, 4.69) is 10.2 Å². The number of hydrogen-bond donors (Lipinski definition) is 1. The number of esters is 1.